The number of alkyl halides is 1. The zero-order valence-electron chi connectivity index (χ0n) is 23.1. The average molecular weight is 567 g/mol. The van der Waals surface area contributed by atoms with E-state index in [0.29, 0.717) is 50.0 Å². The summed E-state index contributed by atoms with van der Waals surface area (Å²) >= 11 is 0. The first-order valence-corrected chi connectivity index (χ1v) is 14.3. The second-order valence-corrected chi connectivity index (χ2v) is 11.0. The van der Waals surface area contributed by atoms with Crippen LogP contribution in [0.5, 0.6) is 0 Å². The molecule has 1 aliphatic carbocycles. The lowest BCUT2D eigenvalue weighted by atomic mass is 9.78. The number of amides is 2. The topological polar surface area (TPSA) is 118 Å². The molecule has 5 rings (SSSR count). The molecule has 218 valence electrons. The van der Waals surface area contributed by atoms with E-state index in [4.69, 9.17) is 10.5 Å². The Hall–Kier alpha value is -3.79. The van der Waals surface area contributed by atoms with E-state index in [1.54, 1.807) is 48.2 Å². The van der Waals surface area contributed by atoms with Crippen LogP contribution in [0.2, 0.25) is 0 Å². The van der Waals surface area contributed by atoms with E-state index in [1.807, 2.05) is 0 Å². The second-order valence-electron chi connectivity index (χ2n) is 11.0. The molecule has 0 radical (unpaired) electrons. The number of hydrogen-bond acceptors (Lipinski definition) is 5. The van der Waals surface area contributed by atoms with Crippen molar-refractivity contribution in [3.05, 3.63) is 65.6 Å². The number of likely N-dealkylation sites (tertiary alicyclic amines) is 1. The number of aromatic nitrogens is 1. The average Bonchev–Trinajstić information content (AvgIpc) is 3.62. The van der Waals surface area contributed by atoms with Crippen molar-refractivity contribution in [3.63, 3.8) is 0 Å². The molecule has 1 aromatic heterocycles. The Morgan fingerprint density at radius 1 is 1.07 bits per heavy atom. The minimum atomic E-state index is -0.782. The molecule has 0 bridgehead atoms. The van der Waals surface area contributed by atoms with Gasteiger partial charge in [-0.1, -0.05) is 12.1 Å². The molecule has 0 spiro atoms. The molecule has 1 saturated heterocycles. The number of carbonyl (C=O) groups excluding carboxylic acids is 3. The van der Waals surface area contributed by atoms with Gasteiger partial charge in [-0.25, -0.2) is 13.6 Å². The van der Waals surface area contributed by atoms with E-state index in [1.165, 1.54) is 12.1 Å². The van der Waals surface area contributed by atoms with Gasteiger partial charge in [0.2, 0.25) is 11.8 Å². The van der Waals surface area contributed by atoms with Crippen LogP contribution in [0.1, 0.15) is 61.0 Å². The van der Waals surface area contributed by atoms with Crippen LogP contribution in [0.25, 0.3) is 10.9 Å². The van der Waals surface area contributed by atoms with Gasteiger partial charge in [0.05, 0.1) is 6.61 Å². The van der Waals surface area contributed by atoms with Gasteiger partial charge in [0, 0.05) is 41.0 Å². The number of fused-ring (bicyclic) bond motifs is 1. The SMILES string of the molecule is CCOC(=O)c1cc2cc(NC(=O)[C@@H]3[C@H](c4ccc(F)cc4)CCN3C(=O)C3CCC(C(N)CF)CC3)ccc2[nH]1. The van der Waals surface area contributed by atoms with Gasteiger partial charge in [-0.15, -0.1) is 0 Å². The summed E-state index contributed by atoms with van der Waals surface area (Å²) in [6, 6.07) is 11.7. The minimum Gasteiger partial charge on any atom is -0.461 e. The highest BCUT2D eigenvalue weighted by Gasteiger charge is 2.44. The number of ether oxygens (including phenoxy) is 1. The number of nitrogens with one attached hydrogen (secondary N) is 2. The minimum absolute atomic E-state index is 0.0568. The Labute approximate surface area is 237 Å². The summed E-state index contributed by atoms with van der Waals surface area (Å²) in [6.45, 7) is 1.82. The number of H-pyrrole nitrogens is 1. The van der Waals surface area contributed by atoms with Crippen LogP contribution >= 0.6 is 0 Å². The standard InChI is InChI=1S/C31H36F2N4O4/c1-2-41-31(40)27-16-21-15-23(11-12-26(21)36-27)35-29(38)28-24(18-7-9-22(33)10-8-18)13-14-37(28)30(39)20-5-3-19(4-6-20)25(34)17-32/h7-12,15-16,19-20,24-25,28,36H,2-6,13-14,17,34H2,1H3,(H,35,38)/t19?,20?,24-,25?,28-/m0/s1. The fourth-order valence-electron chi connectivity index (χ4n) is 6.32. The summed E-state index contributed by atoms with van der Waals surface area (Å²) in [4.78, 5) is 44.4. The predicted molar refractivity (Wildman–Crippen MR) is 152 cm³/mol. The molecule has 8 nitrogen and oxygen atoms in total. The second kappa shape index (κ2) is 12.4. The lowest BCUT2D eigenvalue weighted by Gasteiger charge is -2.35. The van der Waals surface area contributed by atoms with Crippen LogP contribution in [-0.4, -0.2) is 59.6 Å². The van der Waals surface area contributed by atoms with Crippen molar-refractivity contribution in [2.24, 2.45) is 17.6 Å². The van der Waals surface area contributed by atoms with E-state index >= 15 is 0 Å². The molecule has 2 aromatic carbocycles. The van der Waals surface area contributed by atoms with Crippen molar-refractivity contribution >= 4 is 34.4 Å². The highest BCUT2D eigenvalue weighted by atomic mass is 19.1. The number of rotatable bonds is 8. The van der Waals surface area contributed by atoms with Gasteiger partial charge in [0.1, 0.15) is 24.2 Å². The van der Waals surface area contributed by atoms with E-state index in [2.05, 4.69) is 10.3 Å². The molecule has 2 fully saturated rings. The van der Waals surface area contributed by atoms with Crippen molar-refractivity contribution in [3.8, 4) is 0 Å². The van der Waals surface area contributed by atoms with Crippen molar-refractivity contribution in [2.75, 3.05) is 25.1 Å². The lowest BCUT2D eigenvalue weighted by molar-refractivity contribution is -0.141. The monoisotopic (exact) mass is 566 g/mol. The van der Waals surface area contributed by atoms with Gasteiger partial charge >= 0.3 is 5.97 Å². The number of aromatic amines is 1. The van der Waals surface area contributed by atoms with Crippen molar-refractivity contribution in [1.82, 2.24) is 9.88 Å². The third kappa shape index (κ3) is 6.12. The Bertz CT molecular complexity index is 1400. The van der Waals surface area contributed by atoms with E-state index in [9.17, 15) is 23.2 Å². The lowest BCUT2D eigenvalue weighted by Crippen LogP contribution is -2.48. The smallest absolute Gasteiger partial charge is 0.354 e. The first kappa shape index (κ1) is 28.7. The molecule has 1 unspecified atom stereocenters. The first-order chi connectivity index (χ1) is 19.8. The quantitative estimate of drug-likeness (QED) is 0.335. The van der Waals surface area contributed by atoms with Crippen LogP contribution < -0.4 is 11.1 Å². The molecule has 4 N–H and O–H groups in total. The highest BCUT2D eigenvalue weighted by molar-refractivity contribution is 6.01. The van der Waals surface area contributed by atoms with Gasteiger partial charge in [0.15, 0.2) is 0 Å². The highest BCUT2D eigenvalue weighted by Crippen LogP contribution is 2.38. The largest absolute Gasteiger partial charge is 0.461 e. The number of anilines is 1. The Morgan fingerprint density at radius 2 is 1.80 bits per heavy atom. The molecular weight excluding hydrogens is 530 g/mol. The maximum atomic E-state index is 13.9. The van der Waals surface area contributed by atoms with Crippen LogP contribution in [0.4, 0.5) is 14.5 Å². The molecule has 2 amide bonds. The zero-order valence-corrected chi connectivity index (χ0v) is 23.1. The van der Waals surface area contributed by atoms with Gasteiger partial charge in [0.25, 0.3) is 0 Å². The summed E-state index contributed by atoms with van der Waals surface area (Å²) in [7, 11) is 0. The van der Waals surface area contributed by atoms with E-state index in [0.717, 1.165) is 16.5 Å². The summed E-state index contributed by atoms with van der Waals surface area (Å²) in [5.41, 5.74) is 8.26. The Kier molecular flexibility index (Phi) is 8.68. The predicted octanol–water partition coefficient (Wildman–Crippen LogP) is 4.91. The molecule has 2 aliphatic rings. The van der Waals surface area contributed by atoms with Crippen molar-refractivity contribution in [1.29, 1.82) is 0 Å². The van der Waals surface area contributed by atoms with E-state index < -0.39 is 24.7 Å². The Balaban J connectivity index is 1.37. The summed E-state index contributed by atoms with van der Waals surface area (Å²) in [5, 5.41) is 3.70. The number of esters is 1. The maximum absolute atomic E-state index is 13.9. The van der Waals surface area contributed by atoms with Crippen LogP contribution in [-0.2, 0) is 14.3 Å². The molecule has 3 atom stereocenters. The van der Waals surface area contributed by atoms with Gasteiger partial charge < -0.3 is 25.7 Å². The third-order valence-electron chi connectivity index (χ3n) is 8.54. The maximum Gasteiger partial charge on any atom is 0.354 e. The summed E-state index contributed by atoms with van der Waals surface area (Å²) in [5.74, 6) is -1.74. The fourth-order valence-corrected chi connectivity index (χ4v) is 6.32. The van der Waals surface area contributed by atoms with Crippen molar-refractivity contribution in [2.45, 2.75) is 57.0 Å². The molecule has 1 saturated carbocycles. The van der Waals surface area contributed by atoms with E-state index in [-0.39, 0.29) is 42.0 Å². The number of nitrogens with zero attached hydrogens (tertiary/aromatic N) is 1. The number of benzene rings is 2. The Morgan fingerprint density at radius 3 is 2.49 bits per heavy atom. The van der Waals surface area contributed by atoms with Crippen molar-refractivity contribution < 1.29 is 27.9 Å². The van der Waals surface area contributed by atoms with Crippen LogP contribution in [0.3, 0.4) is 0 Å². The van der Waals surface area contributed by atoms with Gasteiger partial charge in [-0.3, -0.25) is 9.59 Å². The number of nitrogens with two attached hydrogens (primary N) is 1. The summed E-state index contributed by atoms with van der Waals surface area (Å²) in [6.07, 6.45) is 3.14. The van der Waals surface area contributed by atoms with Crippen LogP contribution in [0, 0.1) is 17.7 Å². The molecule has 41 heavy (non-hydrogen) atoms. The normalized spacial score (nSPS) is 23.4. The number of hydrogen-bond donors (Lipinski definition) is 3. The molecule has 1 aliphatic heterocycles. The third-order valence-corrected chi connectivity index (χ3v) is 8.54. The molecule has 3 aromatic rings. The number of carbonyl (C=O) groups is 3. The first-order valence-electron chi connectivity index (χ1n) is 14.3. The zero-order chi connectivity index (χ0) is 29.1. The number of halogens is 2. The van der Waals surface area contributed by atoms with Gasteiger partial charge in [-0.2, -0.15) is 0 Å². The van der Waals surface area contributed by atoms with Gasteiger partial charge in [-0.05, 0) is 86.9 Å². The molecule has 2 heterocycles. The molecular formula is C31H36F2N4O4. The fraction of sp³-hybridized carbons (Fsp3) is 0.452. The summed E-state index contributed by atoms with van der Waals surface area (Å²) < 4.78 is 31.8. The van der Waals surface area contributed by atoms with Crippen LogP contribution in [0.15, 0.2) is 48.5 Å². The molecule has 10 heteroatoms.